The summed E-state index contributed by atoms with van der Waals surface area (Å²) >= 11 is 0. The van der Waals surface area contributed by atoms with Gasteiger partial charge in [0.05, 0.1) is 22.6 Å². The molecular formula is C22H23F3N4O2. The molecular weight excluding hydrogens is 409 g/mol. The van der Waals surface area contributed by atoms with E-state index in [1.54, 1.807) is 26.1 Å². The number of ether oxygens (including phenoxy) is 1. The van der Waals surface area contributed by atoms with E-state index in [9.17, 15) is 18.3 Å². The maximum absolute atomic E-state index is 14.6. The number of aliphatic hydroxyl groups is 1. The van der Waals surface area contributed by atoms with Crippen LogP contribution >= 0.6 is 0 Å². The summed E-state index contributed by atoms with van der Waals surface area (Å²) in [6, 6.07) is 5.07. The van der Waals surface area contributed by atoms with E-state index >= 15 is 0 Å². The minimum absolute atomic E-state index is 0.106. The molecule has 31 heavy (non-hydrogen) atoms. The monoisotopic (exact) mass is 432 g/mol. The van der Waals surface area contributed by atoms with Crippen LogP contribution in [0.1, 0.15) is 54.7 Å². The zero-order valence-corrected chi connectivity index (χ0v) is 17.2. The van der Waals surface area contributed by atoms with E-state index in [1.165, 1.54) is 12.1 Å². The average Bonchev–Trinajstić information content (AvgIpc) is 2.73. The summed E-state index contributed by atoms with van der Waals surface area (Å²) in [6.07, 6.45) is -0.421. The van der Waals surface area contributed by atoms with E-state index < -0.39 is 29.4 Å². The summed E-state index contributed by atoms with van der Waals surface area (Å²) in [5, 5.41) is 14.7. The van der Waals surface area contributed by atoms with Crippen molar-refractivity contribution in [2.75, 3.05) is 18.5 Å². The second-order valence-corrected chi connectivity index (χ2v) is 7.78. The van der Waals surface area contributed by atoms with Crippen LogP contribution in [0.25, 0.3) is 11.0 Å². The Balaban J connectivity index is 1.73. The zero-order valence-electron chi connectivity index (χ0n) is 17.2. The number of pyridine rings is 1. The van der Waals surface area contributed by atoms with Crippen molar-refractivity contribution in [2.24, 2.45) is 0 Å². The van der Waals surface area contributed by atoms with E-state index in [0.29, 0.717) is 54.3 Å². The second-order valence-electron chi connectivity index (χ2n) is 7.78. The smallest absolute Gasteiger partial charge is 0.266 e. The highest BCUT2D eigenvalue weighted by Gasteiger charge is 2.32. The van der Waals surface area contributed by atoms with Gasteiger partial charge in [-0.1, -0.05) is 18.2 Å². The third kappa shape index (κ3) is 4.20. The summed E-state index contributed by atoms with van der Waals surface area (Å²) in [5.74, 6) is -0.0983. The highest BCUT2D eigenvalue weighted by molar-refractivity contribution is 5.87. The number of halogens is 3. The number of nitrogens with zero attached hydrogens (tertiary/aromatic N) is 3. The Morgan fingerprint density at radius 3 is 2.58 bits per heavy atom. The van der Waals surface area contributed by atoms with E-state index in [4.69, 9.17) is 4.74 Å². The lowest BCUT2D eigenvalue weighted by molar-refractivity contribution is -0.0680. The first-order chi connectivity index (χ1) is 14.8. The SMILES string of the molecule is Cc1nc(NC(C)c2cccc(C(F)F)c2F)c2cc(C3(O)CCOCC3)cnc2n1. The molecule has 0 aliphatic carbocycles. The van der Waals surface area contributed by atoms with Crippen LogP contribution in [0, 0.1) is 12.7 Å². The van der Waals surface area contributed by atoms with Gasteiger partial charge in [0, 0.05) is 43.4 Å². The molecule has 1 aromatic carbocycles. The lowest BCUT2D eigenvalue weighted by Crippen LogP contribution is -2.33. The number of hydrogen-bond acceptors (Lipinski definition) is 6. The maximum atomic E-state index is 14.6. The molecule has 1 unspecified atom stereocenters. The fourth-order valence-corrected chi connectivity index (χ4v) is 3.84. The molecule has 0 saturated carbocycles. The number of benzene rings is 1. The molecule has 0 spiro atoms. The van der Waals surface area contributed by atoms with E-state index in [0.717, 1.165) is 6.07 Å². The fraction of sp³-hybridized carbons (Fsp3) is 0.409. The predicted octanol–water partition coefficient (Wildman–Crippen LogP) is 4.58. The minimum atomic E-state index is -2.90. The van der Waals surface area contributed by atoms with Crippen LogP contribution in [0.3, 0.4) is 0 Å². The first kappa shape index (κ1) is 21.5. The number of fused-ring (bicyclic) bond motifs is 1. The lowest BCUT2D eigenvalue weighted by Gasteiger charge is -2.32. The molecule has 0 bridgehead atoms. The van der Waals surface area contributed by atoms with Crippen molar-refractivity contribution in [2.45, 2.75) is 44.8 Å². The van der Waals surface area contributed by atoms with Gasteiger partial charge < -0.3 is 15.2 Å². The first-order valence-electron chi connectivity index (χ1n) is 10.1. The van der Waals surface area contributed by atoms with Crippen LogP contribution in [0.2, 0.25) is 0 Å². The van der Waals surface area contributed by atoms with Crippen LogP contribution in [-0.2, 0) is 10.3 Å². The number of rotatable bonds is 5. The number of hydrogen-bond donors (Lipinski definition) is 2. The molecule has 164 valence electrons. The van der Waals surface area contributed by atoms with Gasteiger partial charge in [-0.3, -0.25) is 0 Å². The molecule has 4 rings (SSSR count). The quantitative estimate of drug-likeness (QED) is 0.614. The van der Waals surface area contributed by atoms with Gasteiger partial charge in [0.25, 0.3) is 6.43 Å². The Labute approximate surface area is 177 Å². The molecule has 1 saturated heterocycles. The van der Waals surface area contributed by atoms with Crippen molar-refractivity contribution in [3.8, 4) is 0 Å². The predicted molar refractivity (Wildman–Crippen MR) is 109 cm³/mol. The van der Waals surface area contributed by atoms with Crippen molar-refractivity contribution in [3.63, 3.8) is 0 Å². The summed E-state index contributed by atoms with van der Waals surface area (Å²) < 4.78 is 46.2. The Morgan fingerprint density at radius 2 is 1.87 bits per heavy atom. The number of anilines is 1. The number of alkyl halides is 2. The minimum Gasteiger partial charge on any atom is -0.385 e. The summed E-state index contributed by atoms with van der Waals surface area (Å²) in [5.41, 5.74) is -0.555. The summed E-state index contributed by atoms with van der Waals surface area (Å²) in [6.45, 7) is 4.26. The van der Waals surface area contributed by atoms with Gasteiger partial charge in [-0.25, -0.2) is 28.1 Å². The van der Waals surface area contributed by atoms with Gasteiger partial charge in [-0.2, -0.15) is 0 Å². The Bertz CT molecular complexity index is 1100. The molecule has 3 heterocycles. The molecule has 1 aliphatic rings. The van der Waals surface area contributed by atoms with Crippen LogP contribution in [0.15, 0.2) is 30.5 Å². The van der Waals surface area contributed by atoms with Gasteiger partial charge in [-0.05, 0) is 19.9 Å². The third-order valence-corrected chi connectivity index (χ3v) is 5.63. The van der Waals surface area contributed by atoms with Crippen molar-refractivity contribution in [1.29, 1.82) is 0 Å². The van der Waals surface area contributed by atoms with Gasteiger partial charge in [0.1, 0.15) is 17.5 Å². The molecule has 2 aromatic heterocycles. The van der Waals surface area contributed by atoms with E-state index in [1.807, 2.05) is 0 Å². The molecule has 2 N–H and O–H groups in total. The number of aryl methyl sites for hydroxylation is 1. The van der Waals surface area contributed by atoms with Crippen molar-refractivity contribution in [1.82, 2.24) is 15.0 Å². The highest BCUT2D eigenvalue weighted by atomic mass is 19.3. The Morgan fingerprint density at radius 1 is 1.16 bits per heavy atom. The average molecular weight is 432 g/mol. The van der Waals surface area contributed by atoms with Crippen molar-refractivity contribution >= 4 is 16.9 Å². The van der Waals surface area contributed by atoms with E-state index in [-0.39, 0.29) is 5.56 Å². The summed E-state index contributed by atoms with van der Waals surface area (Å²) in [7, 11) is 0. The standard InChI is InChI=1S/C22H23F3N4O2/c1-12(15-4-3-5-16(18(15)23)19(24)25)27-21-17-10-14(22(30)6-8-31-9-7-22)11-26-20(17)28-13(2)29-21/h3-5,10-12,19,30H,6-9H2,1-2H3,(H,26,27,28,29). The number of aromatic nitrogens is 3. The van der Waals surface area contributed by atoms with Crippen molar-refractivity contribution < 1.29 is 23.0 Å². The molecule has 0 amide bonds. The normalized spacial score (nSPS) is 17.1. The molecule has 6 nitrogen and oxygen atoms in total. The molecule has 3 aromatic rings. The van der Waals surface area contributed by atoms with Gasteiger partial charge >= 0.3 is 0 Å². The second kappa shape index (κ2) is 8.39. The van der Waals surface area contributed by atoms with E-state index in [2.05, 4.69) is 20.3 Å². The largest absolute Gasteiger partial charge is 0.385 e. The maximum Gasteiger partial charge on any atom is 0.266 e. The van der Waals surface area contributed by atoms with Gasteiger partial charge in [0.2, 0.25) is 0 Å². The van der Waals surface area contributed by atoms with Crippen molar-refractivity contribution in [3.05, 3.63) is 58.8 Å². The zero-order chi connectivity index (χ0) is 22.2. The topological polar surface area (TPSA) is 80.2 Å². The lowest BCUT2D eigenvalue weighted by atomic mass is 9.87. The summed E-state index contributed by atoms with van der Waals surface area (Å²) in [4.78, 5) is 13.2. The van der Waals surface area contributed by atoms with Gasteiger partial charge in [-0.15, -0.1) is 0 Å². The molecule has 1 fully saturated rings. The van der Waals surface area contributed by atoms with Gasteiger partial charge in [0.15, 0.2) is 5.65 Å². The van der Waals surface area contributed by atoms with Crippen LogP contribution in [0.5, 0.6) is 0 Å². The molecule has 0 radical (unpaired) electrons. The van der Waals surface area contributed by atoms with Crippen LogP contribution < -0.4 is 5.32 Å². The first-order valence-corrected chi connectivity index (χ1v) is 10.1. The van der Waals surface area contributed by atoms with Crippen LogP contribution in [-0.4, -0.2) is 33.3 Å². The molecule has 1 atom stereocenters. The van der Waals surface area contributed by atoms with Crippen LogP contribution in [0.4, 0.5) is 19.0 Å². The fourth-order valence-electron chi connectivity index (χ4n) is 3.84. The molecule has 1 aliphatic heterocycles. The number of nitrogens with one attached hydrogen (secondary N) is 1. The Hall–Kier alpha value is -2.78. The highest BCUT2D eigenvalue weighted by Crippen LogP contribution is 2.35. The third-order valence-electron chi connectivity index (χ3n) is 5.63. The Kier molecular flexibility index (Phi) is 5.81. The molecule has 9 heteroatoms.